The van der Waals surface area contributed by atoms with Crippen molar-refractivity contribution in [3.05, 3.63) is 41.7 Å². The van der Waals surface area contributed by atoms with Crippen molar-refractivity contribution in [2.75, 3.05) is 6.54 Å². The lowest BCUT2D eigenvalue weighted by Gasteiger charge is -2.08. The molecule has 0 saturated heterocycles. The summed E-state index contributed by atoms with van der Waals surface area (Å²) < 4.78 is 5.06. The number of carboxylic acids is 1. The smallest absolute Gasteiger partial charge is 0.322 e. The highest BCUT2D eigenvalue weighted by molar-refractivity contribution is 7.14. The molecule has 0 aliphatic carbocycles. The van der Waals surface area contributed by atoms with Gasteiger partial charge in [-0.15, -0.1) is 0 Å². The van der Waals surface area contributed by atoms with Gasteiger partial charge in [0.1, 0.15) is 6.54 Å². The zero-order valence-corrected chi connectivity index (χ0v) is 13.4. The summed E-state index contributed by atoms with van der Waals surface area (Å²) >= 11 is 1.19. The fourth-order valence-electron chi connectivity index (χ4n) is 2.34. The van der Waals surface area contributed by atoms with Crippen molar-refractivity contribution in [3.8, 4) is 17.0 Å². The first-order valence-corrected chi connectivity index (χ1v) is 7.80. The van der Waals surface area contributed by atoms with Crippen LogP contribution in [0.5, 0.6) is 5.75 Å². The Labute approximate surface area is 140 Å². The van der Waals surface area contributed by atoms with E-state index in [1.165, 1.54) is 11.5 Å². The average Bonchev–Trinajstić information content (AvgIpc) is 3.02. The predicted molar refractivity (Wildman–Crippen MR) is 89.2 cm³/mol. The molecular formula is C16H13N3O4S. The summed E-state index contributed by atoms with van der Waals surface area (Å²) in [6, 6.07) is 9.29. The maximum atomic E-state index is 12.1. The third-order valence-corrected chi connectivity index (χ3v) is 4.38. The molecule has 3 N–H and O–H groups in total. The van der Waals surface area contributed by atoms with Crippen LogP contribution in [0.3, 0.4) is 0 Å². The summed E-state index contributed by atoms with van der Waals surface area (Å²) in [6.45, 7) is 1.16. The number of nitrogens with one attached hydrogen (secondary N) is 1. The molecule has 7 nitrogen and oxygen atoms in total. The quantitative estimate of drug-likeness (QED) is 0.669. The predicted octanol–water partition coefficient (Wildman–Crippen LogP) is 2.19. The van der Waals surface area contributed by atoms with Crippen molar-refractivity contribution < 1.29 is 19.8 Å². The Morgan fingerprint density at radius 1 is 1.25 bits per heavy atom. The van der Waals surface area contributed by atoms with E-state index in [0.29, 0.717) is 21.5 Å². The van der Waals surface area contributed by atoms with E-state index in [9.17, 15) is 14.7 Å². The van der Waals surface area contributed by atoms with Gasteiger partial charge in [0.05, 0.1) is 21.5 Å². The first kappa shape index (κ1) is 15.9. The molecule has 0 aliphatic rings. The van der Waals surface area contributed by atoms with Crippen molar-refractivity contribution >= 4 is 33.5 Å². The van der Waals surface area contributed by atoms with Crippen LogP contribution < -0.4 is 5.32 Å². The van der Waals surface area contributed by atoms with E-state index in [2.05, 4.69) is 14.7 Å². The molecule has 2 aromatic heterocycles. The third kappa shape index (κ3) is 2.79. The van der Waals surface area contributed by atoms with Gasteiger partial charge in [-0.25, -0.2) is 4.98 Å². The van der Waals surface area contributed by atoms with Crippen molar-refractivity contribution in [3.63, 3.8) is 0 Å². The topological polar surface area (TPSA) is 112 Å². The van der Waals surface area contributed by atoms with Crippen LogP contribution in [-0.4, -0.2) is 38.0 Å². The number of aryl methyl sites for hydroxylation is 1. The minimum Gasteiger partial charge on any atom is -0.505 e. The molecule has 0 atom stereocenters. The number of rotatable bonds is 4. The van der Waals surface area contributed by atoms with Crippen molar-refractivity contribution in [2.45, 2.75) is 6.92 Å². The number of hydrogen-bond donors (Lipinski definition) is 3. The van der Waals surface area contributed by atoms with E-state index in [1.54, 1.807) is 6.92 Å². The number of fused-ring (bicyclic) bond motifs is 1. The van der Waals surface area contributed by atoms with Gasteiger partial charge in [0.2, 0.25) is 0 Å². The van der Waals surface area contributed by atoms with Crippen molar-refractivity contribution in [1.29, 1.82) is 0 Å². The van der Waals surface area contributed by atoms with Crippen molar-refractivity contribution in [2.24, 2.45) is 0 Å². The zero-order valence-electron chi connectivity index (χ0n) is 12.6. The number of pyridine rings is 1. The minimum absolute atomic E-state index is 0.210. The fraction of sp³-hybridized carbons (Fsp3) is 0.125. The molecule has 3 aromatic rings. The van der Waals surface area contributed by atoms with Gasteiger partial charge in [0.15, 0.2) is 11.4 Å². The second-order valence-electron chi connectivity index (χ2n) is 5.07. The molecular weight excluding hydrogens is 330 g/mol. The van der Waals surface area contributed by atoms with E-state index >= 15 is 0 Å². The Morgan fingerprint density at radius 2 is 1.96 bits per heavy atom. The number of carbonyl (C=O) groups excluding carboxylic acids is 1. The SMILES string of the molecule is Cc1nc(C(=O)NCC(=O)O)c(O)c2c(-c3ccccc3)nsc12. The summed E-state index contributed by atoms with van der Waals surface area (Å²) in [6.07, 6.45) is 0. The van der Waals surface area contributed by atoms with Gasteiger partial charge in [-0.2, -0.15) is 4.37 Å². The van der Waals surface area contributed by atoms with E-state index in [0.717, 1.165) is 5.56 Å². The maximum Gasteiger partial charge on any atom is 0.322 e. The molecule has 2 heterocycles. The summed E-state index contributed by atoms with van der Waals surface area (Å²) in [4.78, 5) is 26.8. The molecule has 0 radical (unpaired) electrons. The molecule has 0 aliphatic heterocycles. The number of carboxylic acid groups (broad SMARTS) is 1. The van der Waals surface area contributed by atoms with Gasteiger partial charge in [-0.3, -0.25) is 9.59 Å². The molecule has 24 heavy (non-hydrogen) atoms. The largest absolute Gasteiger partial charge is 0.505 e. The number of aromatic nitrogens is 2. The number of aliphatic carboxylic acids is 1. The van der Waals surface area contributed by atoms with E-state index in [4.69, 9.17) is 5.11 Å². The molecule has 8 heteroatoms. The highest BCUT2D eigenvalue weighted by Crippen LogP contribution is 2.39. The van der Waals surface area contributed by atoms with Gasteiger partial charge >= 0.3 is 5.97 Å². The van der Waals surface area contributed by atoms with Crippen LogP contribution >= 0.6 is 11.5 Å². The summed E-state index contributed by atoms with van der Waals surface area (Å²) in [5.41, 5.74) is 1.70. The Morgan fingerprint density at radius 3 is 2.62 bits per heavy atom. The van der Waals surface area contributed by atoms with E-state index < -0.39 is 18.4 Å². The third-order valence-electron chi connectivity index (χ3n) is 3.42. The number of benzene rings is 1. The van der Waals surface area contributed by atoms with Gasteiger partial charge in [0.25, 0.3) is 5.91 Å². The Balaban J connectivity index is 2.15. The van der Waals surface area contributed by atoms with Crippen LogP contribution in [0, 0.1) is 6.92 Å². The van der Waals surface area contributed by atoms with Crippen molar-refractivity contribution in [1.82, 2.24) is 14.7 Å². The highest BCUT2D eigenvalue weighted by atomic mass is 32.1. The lowest BCUT2D eigenvalue weighted by atomic mass is 10.1. The second kappa shape index (κ2) is 6.25. The molecule has 0 fully saturated rings. The van der Waals surface area contributed by atoms with Crippen LogP contribution in [0.4, 0.5) is 0 Å². The van der Waals surface area contributed by atoms with Gasteiger partial charge in [0, 0.05) is 5.56 Å². The van der Waals surface area contributed by atoms with E-state index in [1.807, 2.05) is 30.3 Å². The molecule has 0 unspecified atom stereocenters. The van der Waals surface area contributed by atoms with Crippen LogP contribution in [-0.2, 0) is 4.79 Å². The standard InChI is InChI=1S/C16H13N3O4S/c1-8-15-11(12(19-24-15)9-5-3-2-4-6-9)14(22)13(18-8)16(23)17-7-10(20)21/h2-6,22H,7H2,1H3,(H,17,23)(H,20,21). The molecule has 3 rings (SSSR count). The van der Waals surface area contributed by atoms with E-state index in [-0.39, 0.29) is 11.4 Å². The number of hydrogen-bond acceptors (Lipinski definition) is 6. The second-order valence-corrected chi connectivity index (χ2v) is 5.85. The lowest BCUT2D eigenvalue weighted by Crippen LogP contribution is -2.30. The van der Waals surface area contributed by atoms with Crippen LogP contribution in [0.2, 0.25) is 0 Å². The Bertz CT molecular complexity index is 937. The summed E-state index contributed by atoms with van der Waals surface area (Å²) in [5.74, 6) is -2.22. The number of aromatic hydroxyl groups is 1. The van der Waals surface area contributed by atoms with Gasteiger partial charge in [-0.05, 0) is 18.5 Å². The van der Waals surface area contributed by atoms with Crippen LogP contribution in [0.25, 0.3) is 21.3 Å². The Hall–Kier alpha value is -3.00. The number of carbonyl (C=O) groups is 2. The van der Waals surface area contributed by atoms with Gasteiger partial charge < -0.3 is 15.5 Å². The normalized spacial score (nSPS) is 10.7. The lowest BCUT2D eigenvalue weighted by molar-refractivity contribution is -0.135. The fourth-order valence-corrected chi connectivity index (χ4v) is 3.18. The Kier molecular flexibility index (Phi) is 4.13. The molecule has 1 amide bonds. The summed E-state index contributed by atoms with van der Waals surface area (Å²) in [5, 5.41) is 21.8. The van der Waals surface area contributed by atoms with Crippen LogP contribution in [0.15, 0.2) is 30.3 Å². The number of amides is 1. The minimum atomic E-state index is -1.18. The first-order chi connectivity index (χ1) is 11.5. The monoisotopic (exact) mass is 343 g/mol. The first-order valence-electron chi connectivity index (χ1n) is 7.03. The van der Waals surface area contributed by atoms with Gasteiger partial charge in [-0.1, -0.05) is 30.3 Å². The molecule has 0 saturated carbocycles. The molecule has 0 spiro atoms. The molecule has 1 aromatic carbocycles. The average molecular weight is 343 g/mol. The highest BCUT2D eigenvalue weighted by Gasteiger charge is 2.23. The summed E-state index contributed by atoms with van der Waals surface area (Å²) in [7, 11) is 0. The zero-order chi connectivity index (χ0) is 17.3. The molecule has 0 bridgehead atoms. The number of nitrogens with zero attached hydrogens (tertiary/aromatic N) is 2. The maximum absolute atomic E-state index is 12.1. The van der Waals surface area contributed by atoms with Crippen LogP contribution in [0.1, 0.15) is 16.2 Å². The molecule has 122 valence electrons.